The van der Waals surface area contributed by atoms with Crippen LogP contribution in [0.5, 0.6) is 11.5 Å². The molecule has 0 radical (unpaired) electrons. The van der Waals surface area contributed by atoms with E-state index in [0.29, 0.717) is 30.3 Å². The summed E-state index contributed by atoms with van der Waals surface area (Å²) in [6.45, 7) is 5.97. The highest BCUT2D eigenvalue weighted by atomic mass is 35.5. The van der Waals surface area contributed by atoms with Crippen LogP contribution in [0.25, 0.3) is 0 Å². The fourth-order valence-electron chi connectivity index (χ4n) is 3.33. The van der Waals surface area contributed by atoms with Crippen LogP contribution in [0.15, 0.2) is 70.7 Å². The summed E-state index contributed by atoms with van der Waals surface area (Å²) < 4.78 is 39.0. The molecular formula is C26H27Cl2N3O5S. The normalized spacial score (nSPS) is 11.4. The van der Waals surface area contributed by atoms with Crippen LogP contribution >= 0.6 is 23.2 Å². The van der Waals surface area contributed by atoms with E-state index < -0.39 is 22.5 Å². The zero-order chi connectivity index (χ0) is 27.0. The Morgan fingerprint density at radius 3 is 2.19 bits per heavy atom. The van der Waals surface area contributed by atoms with Crippen molar-refractivity contribution in [3.05, 3.63) is 81.8 Å². The van der Waals surface area contributed by atoms with Gasteiger partial charge in [-0.25, -0.2) is 13.8 Å². The topological polar surface area (TPSA) is 97.3 Å². The molecule has 1 amide bonds. The number of hydrazone groups is 1. The average molecular weight is 564 g/mol. The molecule has 1 N–H and O–H groups in total. The van der Waals surface area contributed by atoms with Gasteiger partial charge in [-0.15, -0.1) is 0 Å². The summed E-state index contributed by atoms with van der Waals surface area (Å²) in [6.07, 6.45) is 1.42. The summed E-state index contributed by atoms with van der Waals surface area (Å²) in [4.78, 5) is 12.8. The maximum Gasteiger partial charge on any atom is 0.264 e. The van der Waals surface area contributed by atoms with Gasteiger partial charge >= 0.3 is 0 Å². The smallest absolute Gasteiger partial charge is 0.264 e. The van der Waals surface area contributed by atoms with Crippen LogP contribution in [-0.2, 0) is 14.8 Å². The fourth-order valence-corrected chi connectivity index (χ4v) is 5.25. The summed E-state index contributed by atoms with van der Waals surface area (Å²) >= 11 is 12.2. The predicted octanol–water partition coefficient (Wildman–Crippen LogP) is 5.44. The first-order valence-corrected chi connectivity index (χ1v) is 13.6. The molecule has 0 atom stereocenters. The summed E-state index contributed by atoms with van der Waals surface area (Å²) in [6, 6.07) is 15.8. The molecule has 3 aromatic rings. The highest BCUT2D eigenvalue weighted by Crippen LogP contribution is 2.30. The van der Waals surface area contributed by atoms with E-state index in [1.165, 1.54) is 36.5 Å². The van der Waals surface area contributed by atoms with Crippen LogP contribution in [0, 0.1) is 6.92 Å². The first kappa shape index (κ1) is 28.3. The highest BCUT2D eigenvalue weighted by Gasteiger charge is 2.27. The Hall–Kier alpha value is -3.27. The summed E-state index contributed by atoms with van der Waals surface area (Å²) in [5.74, 6) is 0.481. The van der Waals surface area contributed by atoms with E-state index in [9.17, 15) is 13.2 Å². The monoisotopic (exact) mass is 563 g/mol. The van der Waals surface area contributed by atoms with Crippen molar-refractivity contribution in [2.45, 2.75) is 25.7 Å². The van der Waals surface area contributed by atoms with Crippen LogP contribution in [0.2, 0.25) is 10.0 Å². The third kappa shape index (κ3) is 7.61. The summed E-state index contributed by atoms with van der Waals surface area (Å²) in [5, 5.41) is 4.43. The molecule has 0 aliphatic rings. The SMILES string of the molecule is CCOc1ccc(/C=N\NC(=O)CN(c2cc(Cl)cc(Cl)c2)S(=O)(=O)c2ccc(C)cc2)cc1OCC. The Morgan fingerprint density at radius 1 is 0.946 bits per heavy atom. The molecule has 11 heteroatoms. The molecule has 0 aliphatic carbocycles. The number of aryl methyl sites for hydroxylation is 1. The van der Waals surface area contributed by atoms with Crippen molar-refractivity contribution in [2.75, 3.05) is 24.1 Å². The molecule has 0 heterocycles. The van der Waals surface area contributed by atoms with E-state index in [0.717, 1.165) is 9.87 Å². The number of carbonyl (C=O) groups is 1. The van der Waals surface area contributed by atoms with E-state index in [2.05, 4.69) is 10.5 Å². The third-order valence-corrected chi connectivity index (χ3v) is 7.23. The van der Waals surface area contributed by atoms with Crippen molar-refractivity contribution >= 4 is 51.0 Å². The summed E-state index contributed by atoms with van der Waals surface area (Å²) in [5.41, 5.74) is 4.06. The minimum Gasteiger partial charge on any atom is -0.490 e. The molecule has 196 valence electrons. The van der Waals surface area contributed by atoms with Gasteiger partial charge in [0.15, 0.2) is 11.5 Å². The zero-order valence-corrected chi connectivity index (χ0v) is 22.9. The molecule has 0 aliphatic heterocycles. The average Bonchev–Trinajstić information content (AvgIpc) is 2.84. The van der Waals surface area contributed by atoms with Crippen LogP contribution in [0.1, 0.15) is 25.0 Å². The lowest BCUT2D eigenvalue weighted by molar-refractivity contribution is -0.119. The number of carbonyl (C=O) groups excluding carboxylic acids is 1. The van der Waals surface area contributed by atoms with Gasteiger partial charge in [0.05, 0.1) is 30.0 Å². The Bertz CT molecular complexity index is 1360. The van der Waals surface area contributed by atoms with Crippen molar-refractivity contribution in [1.82, 2.24) is 5.43 Å². The standard InChI is InChI=1S/C26H27Cl2N3O5S/c1-4-35-24-11-8-19(12-25(24)36-5-2)16-29-30-26(32)17-31(22-14-20(27)13-21(28)15-22)37(33,34)23-9-6-18(3)7-10-23/h6-16H,4-5,17H2,1-3H3,(H,30,32)/b29-16-. The van der Waals surface area contributed by atoms with Crippen LogP contribution in [0.4, 0.5) is 5.69 Å². The first-order valence-electron chi connectivity index (χ1n) is 11.4. The zero-order valence-electron chi connectivity index (χ0n) is 20.6. The number of ether oxygens (including phenoxy) is 2. The number of benzene rings is 3. The van der Waals surface area contributed by atoms with E-state index in [-0.39, 0.29) is 20.6 Å². The second-order valence-corrected chi connectivity index (χ2v) is 10.6. The number of sulfonamides is 1. The molecule has 3 rings (SSSR count). The predicted molar refractivity (Wildman–Crippen MR) is 147 cm³/mol. The first-order chi connectivity index (χ1) is 17.6. The van der Waals surface area contributed by atoms with E-state index in [1.807, 2.05) is 20.8 Å². The largest absolute Gasteiger partial charge is 0.490 e. The van der Waals surface area contributed by atoms with Crippen molar-refractivity contribution in [3.8, 4) is 11.5 Å². The van der Waals surface area contributed by atoms with Crippen molar-refractivity contribution < 1.29 is 22.7 Å². The van der Waals surface area contributed by atoms with Crippen molar-refractivity contribution in [1.29, 1.82) is 0 Å². The fraction of sp³-hybridized carbons (Fsp3) is 0.231. The highest BCUT2D eigenvalue weighted by molar-refractivity contribution is 7.92. The van der Waals surface area contributed by atoms with Crippen LogP contribution < -0.4 is 19.2 Å². The van der Waals surface area contributed by atoms with Gasteiger partial charge in [0.25, 0.3) is 15.9 Å². The molecule has 0 saturated heterocycles. The molecule has 3 aromatic carbocycles. The quantitative estimate of drug-likeness (QED) is 0.247. The number of anilines is 1. The minimum atomic E-state index is -4.13. The summed E-state index contributed by atoms with van der Waals surface area (Å²) in [7, 11) is -4.13. The van der Waals surface area contributed by atoms with Crippen LogP contribution in [0.3, 0.4) is 0 Å². The molecule has 0 spiro atoms. The lowest BCUT2D eigenvalue weighted by Crippen LogP contribution is -2.39. The number of hydrogen-bond donors (Lipinski definition) is 1. The molecule has 0 unspecified atom stereocenters. The van der Waals surface area contributed by atoms with Gasteiger partial charge in [-0.05, 0) is 74.9 Å². The maximum absolute atomic E-state index is 13.5. The minimum absolute atomic E-state index is 0.0170. The molecule has 37 heavy (non-hydrogen) atoms. The molecule has 0 bridgehead atoms. The van der Waals surface area contributed by atoms with Crippen molar-refractivity contribution in [2.24, 2.45) is 5.10 Å². The Morgan fingerprint density at radius 2 is 1.57 bits per heavy atom. The lowest BCUT2D eigenvalue weighted by Gasteiger charge is -2.24. The number of hydrogen-bond acceptors (Lipinski definition) is 6. The molecule has 0 fully saturated rings. The van der Waals surface area contributed by atoms with Gasteiger partial charge in [0, 0.05) is 10.0 Å². The molecule has 8 nitrogen and oxygen atoms in total. The number of halogens is 2. The maximum atomic E-state index is 13.5. The van der Waals surface area contributed by atoms with E-state index >= 15 is 0 Å². The third-order valence-electron chi connectivity index (χ3n) is 5.00. The number of amides is 1. The van der Waals surface area contributed by atoms with Gasteiger partial charge < -0.3 is 9.47 Å². The number of nitrogens with zero attached hydrogens (tertiary/aromatic N) is 2. The van der Waals surface area contributed by atoms with E-state index in [1.54, 1.807) is 30.3 Å². The Labute approximate surface area is 226 Å². The van der Waals surface area contributed by atoms with Gasteiger partial charge in [0.2, 0.25) is 0 Å². The Balaban J connectivity index is 1.83. The number of rotatable bonds is 11. The molecule has 0 saturated carbocycles. The van der Waals surface area contributed by atoms with Crippen molar-refractivity contribution in [3.63, 3.8) is 0 Å². The number of nitrogens with one attached hydrogen (secondary N) is 1. The lowest BCUT2D eigenvalue weighted by atomic mass is 10.2. The van der Waals surface area contributed by atoms with E-state index in [4.69, 9.17) is 32.7 Å². The Kier molecular flexibility index (Phi) is 9.79. The van der Waals surface area contributed by atoms with Gasteiger partial charge in [-0.1, -0.05) is 40.9 Å². The van der Waals surface area contributed by atoms with Gasteiger partial charge in [0.1, 0.15) is 6.54 Å². The van der Waals surface area contributed by atoms with Crippen LogP contribution in [-0.4, -0.2) is 40.3 Å². The van der Waals surface area contributed by atoms with Gasteiger partial charge in [-0.3, -0.25) is 9.10 Å². The second kappa shape index (κ2) is 12.8. The molecule has 0 aromatic heterocycles. The molecular weight excluding hydrogens is 537 g/mol. The second-order valence-electron chi connectivity index (χ2n) is 7.82. The van der Waals surface area contributed by atoms with Gasteiger partial charge in [-0.2, -0.15) is 5.10 Å².